The number of carbonyl (C=O) groups excluding carboxylic acids is 2. The van der Waals surface area contributed by atoms with E-state index in [1.165, 1.54) is 10.5 Å². The molecule has 2 saturated heterocycles. The van der Waals surface area contributed by atoms with E-state index in [4.69, 9.17) is 4.74 Å². The first kappa shape index (κ1) is 25.4. The van der Waals surface area contributed by atoms with Crippen molar-refractivity contribution in [2.24, 2.45) is 11.8 Å². The Balaban J connectivity index is 1.51. The summed E-state index contributed by atoms with van der Waals surface area (Å²) in [4.78, 5) is 30.7. The van der Waals surface area contributed by atoms with Crippen LogP contribution in [0.4, 0.5) is 4.79 Å². The van der Waals surface area contributed by atoms with Crippen LogP contribution in [-0.4, -0.2) is 52.6 Å². The summed E-state index contributed by atoms with van der Waals surface area (Å²) in [6.45, 7) is 12.0. The third-order valence-electron chi connectivity index (χ3n) is 7.44. The molecule has 0 saturated carbocycles. The van der Waals surface area contributed by atoms with Crippen molar-refractivity contribution >= 4 is 12.0 Å². The number of rotatable bonds is 5. The van der Waals surface area contributed by atoms with Crippen LogP contribution in [0.5, 0.6) is 0 Å². The Morgan fingerprint density at radius 2 is 1.57 bits per heavy atom. The lowest BCUT2D eigenvalue weighted by atomic mass is 9.81. The molecule has 188 valence electrons. The Morgan fingerprint density at radius 1 is 0.971 bits per heavy atom. The molecular formula is C30H40N2O3. The lowest BCUT2D eigenvalue weighted by molar-refractivity contribution is -0.133. The van der Waals surface area contributed by atoms with Gasteiger partial charge in [0.1, 0.15) is 5.60 Å². The lowest BCUT2D eigenvalue weighted by Gasteiger charge is -2.36. The third-order valence-corrected chi connectivity index (χ3v) is 7.44. The molecule has 2 aromatic rings. The van der Waals surface area contributed by atoms with Crippen molar-refractivity contribution in [2.75, 3.05) is 13.1 Å². The van der Waals surface area contributed by atoms with E-state index in [2.05, 4.69) is 55.1 Å². The molecule has 0 N–H and O–H groups in total. The molecule has 0 aromatic heterocycles. The second-order valence-electron chi connectivity index (χ2n) is 11.4. The Labute approximate surface area is 210 Å². The molecule has 5 nitrogen and oxygen atoms in total. The van der Waals surface area contributed by atoms with E-state index in [0.717, 1.165) is 37.1 Å². The van der Waals surface area contributed by atoms with E-state index in [-0.39, 0.29) is 17.9 Å². The minimum absolute atomic E-state index is 0.0480. The third kappa shape index (κ3) is 6.13. The molecule has 4 rings (SSSR count). The highest BCUT2D eigenvalue weighted by Gasteiger charge is 2.48. The van der Waals surface area contributed by atoms with Gasteiger partial charge in [0.05, 0.1) is 0 Å². The molecule has 35 heavy (non-hydrogen) atoms. The van der Waals surface area contributed by atoms with Crippen molar-refractivity contribution in [1.29, 1.82) is 0 Å². The number of piperidine rings is 1. The van der Waals surface area contributed by atoms with Crippen LogP contribution in [0.25, 0.3) is 11.1 Å². The molecule has 2 heterocycles. The first-order chi connectivity index (χ1) is 16.6. The zero-order valence-electron chi connectivity index (χ0n) is 21.9. The number of ether oxygens (including phenoxy) is 1. The van der Waals surface area contributed by atoms with Gasteiger partial charge in [-0.3, -0.25) is 4.79 Å². The molecule has 2 aliphatic heterocycles. The number of nitrogens with zero attached hydrogens (tertiary/aromatic N) is 2. The molecule has 5 heteroatoms. The minimum atomic E-state index is -0.639. The van der Waals surface area contributed by atoms with Crippen LogP contribution in [-0.2, 0) is 16.0 Å². The summed E-state index contributed by atoms with van der Waals surface area (Å²) in [5, 5.41) is 0. The molecular weight excluding hydrogens is 436 g/mol. The Hall–Kier alpha value is -2.66. The second-order valence-corrected chi connectivity index (χ2v) is 11.4. The van der Waals surface area contributed by atoms with E-state index in [0.29, 0.717) is 24.8 Å². The highest BCUT2D eigenvalue weighted by atomic mass is 16.6. The molecule has 2 fully saturated rings. The summed E-state index contributed by atoms with van der Waals surface area (Å²) in [6, 6.07) is 19.1. The first-order valence-electron chi connectivity index (χ1n) is 13.1. The number of likely N-dealkylation sites (tertiary alicyclic amines) is 2. The second kappa shape index (κ2) is 10.5. The van der Waals surface area contributed by atoms with Crippen LogP contribution < -0.4 is 0 Å². The normalized spacial score (nSPS) is 22.1. The Morgan fingerprint density at radius 3 is 2.14 bits per heavy atom. The van der Waals surface area contributed by atoms with E-state index in [9.17, 15) is 9.59 Å². The molecule has 2 atom stereocenters. The standard InChI is InChI=1S/C30H40N2O3/c1-21(2)31-17-15-25(16-18-31)27-20-26(32(28(27)33)29(34)35-30(3,4)5)19-22-11-13-24(14-12-22)23-9-7-6-8-10-23/h6-14,21,25-27H,15-20H2,1-5H3. The maximum absolute atomic E-state index is 13.6. The summed E-state index contributed by atoms with van der Waals surface area (Å²) in [7, 11) is 0. The number of benzene rings is 2. The summed E-state index contributed by atoms with van der Waals surface area (Å²) < 4.78 is 5.68. The van der Waals surface area contributed by atoms with Crippen molar-refractivity contribution in [3.05, 3.63) is 60.2 Å². The summed E-state index contributed by atoms with van der Waals surface area (Å²) in [5.41, 5.74) is 2.83. The first-order valence-corrected chi connectivity index (χ1v) is 13.1. The molecule has 0 bridgehead atoms. The molecule has 2 aromatic carbocycles. The fourth-order valence-corrected chi connectivity index (χ4v) is 5.55. The monoisotopic (exact) mass is 476 g/mol. The summed E-state index contributed by atoms with van der Waals surface area (Å²) >= 11 is 0. The number of carbonyl (C=O) groups is 2. The van der Waals surface area contributed by atoms with Crippen LogP contribution in [0.1, 0.15) is 59.4 Å². The highest BCUT2D eigenvalue weighted by molar-refractivity contribution is 5.96. The smallest absolute Gasteiger partial charge is 0.417 e. The van der Waals surface area contributed by atoms with Gasteiger partial charge in [0.25, 0.3) is 0 Å². The van der Waals surface area contributed by atoms with Gasteiger partial charge in [-0.25, -0.2) is 9.69 Å². The Bertz CT molecular complexity index is 1000. The minimum Gasteiger partial charge on any atom is -0.443 e. The largest absolute Gasteiger partial charge is 0.443 e. The molecule has 2 amide bonds. The van der Waals surface area contributed by atoms with Crippen LogP contribution >= 0.6 is 0 Å². The lowest BCUT2D eigenvalue weighted by Crippen LogP contribution is -2.45. The number of amides is 2. The quantitative estimate of drug-likeness (QED) is 0.518. The molecule has 0 aliphatic carbocycles. The summed E-state index contributed by atoms with van der Waals surface area (Å²) in [6.07, 6.45) is 2.88. The van der Waals surface area contributed by atoms with Gasteiger partial charge in [0.15, 0.2) is 0 Å². The fourth-order valence-electron chi connectivity index (χ4n) is 5.55. The number of imide groups is 1. The summed E-state index contributed by atoms with van der Waals surface area (Å²) in [5.74, 6) is 0.173. The predicted molar refractivity (Wildman–Crippen MR) is 140 cm³/mol. The van der Waals surface area contributed by atoms with Crippen molar-refractivity contribution in [1.82, 2.24) is 9.80 Å². The van der Waals surface area contributed by atoms with Crippen molar-refractivity contribution in [3.63, 3.8) is 0 Å². The van der Waals surface area contributed by atoms with E-state index in [1.54, 1.807) is 0 Å². The van der Waals surface area contributed by atoms with Gasteiger partial charge in [-0.2, -0.15) is 0 Å². The predicted octanol–water partition coefficient (Wildman–Crippen LogP) is 6.17. The van der Waals surface area contributed by atoms with Gasteiger partial charge < -0.3 is 9.64 Å². The Kier molecular flexibility index (Phi) is 7.65. The molecule has 2 aliphatic rings. The van der Waals surface area contributed by atoms with Crippen molar-refractivity contribution in [3.8, 4) is 11.1 Å². The van der Waals surface area contributed by atoms with Crippen LogP contribution in [0.2, 0.25) is 0 Å². The van der Waals surface area contributed by atoms with Crippen molar-refractivity contribution in [2.45, 2.75) is 78.0 Å². The van der Waals surface area contributed by atoms with Gasteiger partial charge in [-0.15, -0.1) is 0 Å². The molecule has 0 spiro atoms. The van der Waals surface area contributed by atoms with Gasteiger partial charge in [0, 0.05) is 18.0 Å². The number of hydrogen-bond acceptors (Lipinski definition) is 4. The SMILES string of the molecule is CC(C)N1CCC(C2CC(Cc3ccc(-c4ccccc4)cc3)N(C(=O)OC(C)(C)C)C2=O)CC1. The van der Waals surface area contributed by atoms with Crippen molar-refractivity contribution < 1.29 is 14.3 Å². The van der Waals surface area contributed by atoms with Crippen LogP contribution in [0.3, 0.4) is 0 Å². The van der Waals surface area contributed by atoms with Gasteiger partial charge in [-0.1, -0.05) is 54.6 Å². The average Bonchev–Trinajstić information content (AvgIpc) is 3.14. The molecule has 2 unspecified atom stereocenters. The highest BCUT2D eigenvalue weighted by Crippen LogP contribution is 2.38. The zero-order valence-corrected chi connectivity index (χ0v) is 21.9. The van der Waals surface area contributed by atoms with Crippen LogP contribution in [0, 0.1) is 11.8 Å². The van der Waals surface area contributed by atoms with E-state index >= 15 is 0 Å². The molecule has 0 radical (unpaired) electrons. The maximum Gasteiger partial charge on any atom is 0.417 e. The van der Waals surface area contributed by atoms with Crippen LogP contribution in [0.15, 0.2) is 54.6 Å². The van der Waals surface area contributed by atoms with E-state index in [1.807, 2.05) is 39.0 Å². The number of hydrogen-bond donors (Lipinski definition) is 0. The maximum atomic E-state index is 13.6. The zero-order chi connectivity index (χ0) is 25.2. The fraction of sp³-hybridized carbons (Fsp3) is 0.533. The van der Waals surface area contributed by atoms with Gasteiger partial charge in [-0.05, 0) is 96.0 Å². The van der Waals surface area contributed by atoms with Gasteiger partial charge >= 0.3 is 6.09 Å². The topological polar surface area (TPSA) is 49.9 Å². The van der Waals surface area contributed by atoms with E-state index < -0.39 is 11.7 Å². The van der Waals surface area contributed by atoms with Gasteiger partial charge in [0.2, 0.25) is 5.91 Å². The average molecular weight is 477 g/mol.